The van der Waals surface area contributed by atoms with Gasteiger partial charge in [-0.2, -0.15) is 0 Å². The molecule has 0 radical (unpaired) electrons. The Balaban J connectivity index is 2.22. The van der Waals surface area contributed by atoms with Crippen molar-refractivity contribution in [1.82, 2.24) is 9.88 Å². The fourth-order valence-corrected chi connectivity index (χ4v) is 2.22. The zero-order valence-corrected chi connectivity index (χ0v) is 10.3. The summed E-state index contributed by atoms with van der Waals surface area (Å²) in [6.07, 6.45) is 3.12. The van der Waals surface area contributed by atoms with Gasteiger partial charge in [-0.1, -0.05) is 6.07 Å². The minimum Gasteiger partial charge on any atom is -0.477 e. The predicted octanol–water partition coefficient (Wildman–Crippen LogP) is 1.79. The maximum atomic E-state index is 12.3. The highest BCUT2D eigenvalue weighted by Gasteiger charge is 2.25. The van der Waals surface area contributed by atoms with Crippen molar-refractivity contribution < 1.29 is 14.7 Å². The summed E-state index contributed by atoms with van der Waals surface area (Å²) in [5.41, 5.74) is 0.120. The van der Waals surface area contributed by atoms with Gasteiger partial charge in [-0.15, -0.1) is 0 Å². The molecule has 1 aromatic heterocycles. The van der Waals surface area contributed by atoms with Crippen LogP contribution in [0.15, 0.2) is 18.2 Å². The lowest BCUT2D eigenvalue weighted by Gasteiger charge is -2.33. The highest BCUT2D eigenvalue weighted by atomic mass is 16.4. The summed E-state index contributed by atoms with van der Waals surface area (Å²) in [7, 11) is 0. The van der Waals surface area contributed by atoms with E-state index in [0.717, 1.165) is 25.8 Å². The Kier molecular flexibility index (Phi) is 3.60. The van der Waals surface area contributed by atoms with Gasteiger partial charge in [-0.05, 0) is 38.3 Å². The Bertz CT molecular complexity index is 473. The number of carbonyl (C=O) groups excluding carboxylic acids is 1. The summed E-state index contributed by atoms with van der Waals surface area (Å²) >= 11 is 0. The number of rotatable bonds is 2. The molecule has 1 amide bonds. The molecule has 2 heterocycles. The number of carboxylic acid groups (broad SMARTS) is 1. The molecule has 0 spiro atoms. The van der Waals surface area contributed by atoms with Gasteiger partial charge in [-0.25, -0.2) is 9.78 Å². The number of likely N-dealkylation sites (tertiary alicyclic amines) is 1. The molecule has 2 rings (SSSR count). The quantitative estimate of drug-likeness (QED) is 0.866. The Morgan fingerprint density at radius 3 is 2.72 bits per heavy atom. The van der Waals surface area contributed by atoms with E-state index in [1.807, 2.05) is 6.92 Å². The number of aromatic nitrogens is 1. The zero-order valence-electron chi connectivity index (χ0n) is 10.3. The Labute approximate surface area is 105 Å². The van der Waals surface area contributed by atoms with Crippen molar-refractivity contribution >= 4 is 11.9 Å². The van der Waals surface area contributed by atoms with E-state index in [2.05, 4.69) is 4.98 Å². The number of carboxylic acids is 1. The monoisotopic (exact) mass is 248 g/mol. The molecule has 1 N–H and O–H groups in total. The van der Waals surface area contributed by atoms with Crippen LogP contribution in [0.2, 0.25) is 0 Å². The number of hydrogen-bond acceptors (Lipinski definition) is 3. The van der Waals surface area contributed by atoms with Crippen molar-refractivity contribution in [2.75, 3.05) is 6.54 Å². The molecule has 18 heavy (non-hydrogen) atoms. The third-order valence-electron chi connectivity index (χ3n) is 3.25. The SMILES string of the molecule is CC1CCCCN1C(=O)c1cccc(C(=O)O)n1. The lowest BCUT2D eigenvalue weighted by molar-refractivity contribution is 0.0629. The van der Waals surface area contributed by atoms with E-state index < -0.39 is 5.97 Å². The van der Waals surface area contributed by atoms with E-state index >= 15 is 0 Å². The lowest BCUT2D eigenvalue weighted by atomic mass is 10.0. The summed E-state index contributed by atoms with van der Waals surface area (Å²) in [5.74, 6) is -1.29. The van der Waals surface area contributed by atoms with Crippen molar-refractivity contribution in [1.29, 1.82) is 0 Å². The maximum Gasteiger partial charge on any atom is 0.354 e. The normalized spacial score (nSPS) is 19.6. The summed E-state index contributed by atoms with van der Waals surface area (Å²) in [4.78, 5) is 28.8. The molecular formula is C13H16N2O3. The minimum absolute atomic E-state index is 0.0921. The second kappa shape index (κ2) is 5.16. The fourth-order valence-electron chi connectivity index (χ4n) is 2.22. The second-order valence-electron chi connectivity index (χ2n) is 4.56. The molecular weight excluding hydrogens is 232 g/mol. The average Bonchev–Trinajstić information content (AvgIpc) is 2.38. The Hall–Kier alpha value is -1.91. The first-order valence-electron chi connectivity index (χ1n) is 6.11. The van der Waals surface area contributed by atoms with Crippen molar-refractivity contribution in [2.45, 2.75) is 32.2 Å². The minimum atomic E-state index is -1.11. The smallest absolute Gasteiger partial charge is 0.354 e. The van der Waals surface area contributed by atoms with Crippen LogP contribution in [-0.4, -0.2) is 39.5 Å². The van der Waals surface area contributed by atoms with E-state index in [1.165, 1.54) is 6.07 Å². The second-order valence-corrected chi connectivity index (χ2v) is 4.56. The van der Waals surface area contributed by atoms with Gasteiger partial charge in [0, 0.05) is 12.6 Å². The van der Waals surface area contributed by atoms with Crippen molar-refractivity contribution in [3.8, 4) is 0 Å². The Morgan fingerprint density at radius 2 is 2.06 bits per heavy atom. The van der Waals surface area contributed by atoms with Gasteiger partial charge in [0.15, 0.2) is 0 Å². The van der Waals surface area contributed by atoms with E-state index in [-0.39, 0.29) is 23.3 Å². The standard InChI is InChI=1S/C13H16N2O3/c1-9-5-2-3-8-15(9)12(16)10-6-4-7-11(14-10)13(17)18/h4,6-7,9H,2-3,5,8H2,1H3,(H,17,18). The van der Waals surface area contributed by atoms with E-state index in [1.54, 1.807) is 17.0 Å². The first-order valence-corrected chi connectivity index (χ1v) is 6.11. The van der Waals surface area contributed by atoms with Crippen LogP contribution in [0.3, 0.4) is 0 Å². The maximum absolute atomic E-state index is 12.3. The van der Waals surface area contributed by atoms with Gasteiger partial charge in [0.2, 0.25) is 0 Å². The van der Waals surface area contributed by atoms with Crippen LogP contribution in [0.1, 0.15) is 47.2 Å². The van der Waals surface area contributed by atoms with Crippen LogP contribution < -0.4 is 0 Å². The molecule has 0 saturated carbocycles. The fraction of sp³-hybridized carbons (Fsp3) is 0.462. The summed E-state index contributed by atoms with van der Waals surface area (Å²) in [6, 6.07) is 4.70. The molecule has 5 heteroatoms. The molecule has 1 unspecified atom stereocenters. The largest absolute Gasteiger partial charge is 0.477 e. The molecule has 1 fully saturated rings. The molecule has 96 valence electrons. The zero-order chi connectivity index (χ0) is 13.1. The molecule has 0 aliphatic carbocycles. The van der Waals surface area contributed by atoms with Crippen LogP contribution in [0.5, 0.6) is 0 Å². The van der Waals surface area contributed by atoms with Gasteiger partial charge < -0.3 is 10.0 Å². The van der Waals surface area contributed by atoms with E-state index in [4.69, 9.17) is 5.11 Å². The number of carbonyl (C=O) groups is 2. The van der Waals surface area contributed by atoms with Crippen LogP contribution >= 0.6 is 0 Å². The third kappa shape index (κ3) is 2.50. The molecule has 0 aromatic carbocycles. The van der Waals surface area contributed by atoms with Gasteiger partial charge in [0.05, 0.1) is 0 Å². The number of piperidine rings is 1. The lowest BCUT2D eigenvalue weighted by Crippen LogP contribution is -2.42. The molecule has 5 nitrogen and oxygen atoms in total. The Morgan fingerprint density at radius 1 is 1.33 bits per heavy atom. The molecule has 1 aliphatic rings. The van der Waals surface area contributed by atoms with Crippen molar-refractivity contribution in [3.05, 3.63) is 29.6 Å². The summed E-state index contributed by atoms with van der Waals surface area (Å²) in [5, 5.41) is 8.87. The molecule has 0 bridgehead atoms. The molecule has 1 aliphatic heterocycles. The van der Waals surface area contributed by atoms with Gasteiger partial charge in [0.25, 0.3) is 5.91 Å². The van der Waals surface area contributed by atoms with Crippen LogP contribution in [0, 0.1) is 0 Å². The van der Waals surface area contributed by atoms with Gasteiger partial charge in [-0.3, -0.25) is 4.79 Å². The van der Waals surface area contributed by atoms with Gasteiger partial charge >= 0.3 is 5.97 Å². The first-order chi connectivity index (χ1) is 8.59. The van der Waals surface area contributed by atoms with E-state index in [0.29, 0.717) is 0 Å². The molecule has 1 saturated heterocycles. The number of aromatic carboxylic acids is 1. The predicted molar refractivity (Wildman–Crippen MR) is 65.5 cm³/mol. The number of hydrogen-bond donors (Lipinski definition) is 1. The van der Waals surface area contributed by atoms with Gasteiger partial charge in [0.1, 0.15) is 11.4 Å². The summed E-state index contributed by atoms with van der Waals surface area (Å²) in [6.45, 7) is 2.73. The number of nitrogens with zero attached hydrogens (tertiary/aromatic N) is 2. The number of amides is 1. The first kappa shape index (κ1) is 12.5. The molecule has 1 atom stereocenters. The van der Waals surface area contributed by atoms with E-state index in [9.17, 15) is 9.59 Å². The topological polar surface area (TPSA) is 70.5 Å². The summed E-state index contributed by atoms with van der Waals surface area (Å²) < 4.78 is 0. The average molecular weight is 248 g/mol. The van der Waals surface area contributed by atoms with Crippen LogP contribution in [0.4, 0.5) is 0 Å². The van der Waals surface area contributed by atoms with Crippen molar-refractivity contribution in [3.63, 3.8) is 0 Å². The number of pyridine rings is 1. The highest BCUT2D eigenvalue weighted by molar-refractivity contribution is 5.94. The highest BCUT2D eigenvalue weighted by Crippen LogP contribution is 2.18. The van der Waals surface area contributed by atoms with Crippen LogP contribution in [0.25, 0.3) is 0 Å². The van der Waals surface area contributed by atoms with Crippen molar-refractivity contribution in [2.24, 2.45) is 0 Å². The third-order valence-corrected chi connectivity index (χ3v) is 3.25. The van der Waals surface area contributed by atoms with Crippen LogP contribution in [-0.2, 0) is 0 Å². The molecule has 1 aromatic rings.